The molecule has 0 atom stereocenters. The van der Waals surface area contributed by atoms with Crippen molar-refractivity contribution in [3.05, 3.63) is 69.3 Å². The van der Waals surface area contributed by atoms with Crippen molar-refractivity contribution in [2.75, 3.05) is 0 Å². The molecule has 8 heteroatoms. The number of pyridine rings is 1. The van der Waals surface area contributed by atoms with Crippen molar-refractivity contribution in [1.29, 1.82) is 0 Å². The molecule has 0 N–H and O–H groups in total. The third-order valence-electron chi connectivity index (χ3n) is 3.22. The number of hydrogen-bond donors (Lipinski definition) is 0. The minimum absolute atomic E-state index is 0.0407. The number of rotatable bonds is 5. The second kappa shape index (κ2) is 6.67. The highest BCUT2D eigenvalue weighted by molar-refractivity contribution is 6.30. The molecule has 24 heavy (non-hydrogen) atoms. The summed E-state index contributed by atoms with van der Waals surface area (Å²) >= 11 is 5.87. The fraction of sp³-hybridized carbons (Fsp3) is 0.125. The van der Waals surface area contributed by atoms with E-state index in [-0.39, 0.29) is 18.2 Å². The van der Waals surface area contributed by atoms with Gasteiger partial charge in [0.05, 0.1) is 5.69 Å². The van der Waals surface area contributed by atoms with Crippen molar-refractivity contribution in [2.24, 2.45) is 0 Å². The Bertz CT molecular complexity index is 877. The summed E-state index contributed by atoms with van der Waals surface area (Å²) in [5.74, 6) is 0.631. The Labute approximate surface area is 142 Å². The molecule has 3 rings (SSSR count). The highest BCUT2D eigenvalue weighted by Gasteiger charge is 2.17. The maximum Gasteiger partial charge on any atom is 0.406 e. The molecule has 2 heterocycles. The van der Waals surface area contributed by atoms with Gasteiger partial charge in [-0.1, -0.05) is 11.6 Å². The SMILES string of the molecule is Cc1nc(COc2cccnc2[N+](=O)[O-])oc1-c1ccc(Cl)cc1. The standard InChI is InChI=1S/C16H12ClN3O4/c1-10-15(11-4-6-12(17)7-5-11)24-14(19-10)9-23-13-3-2-8-18-16(13)20(21)22/h2-8H,9H2,1H3. The molecule has 0 amide bonds. The first kappa shape index (κ1) is 15.9. The normalized spacial score (nSPS) is 10.6. The van der Waals surface area contributed by atoms with Crippen molar-refractivity contribution in [2.45, 2.75) is 13.5 Å². The van der Waals surface area contributed by atoms with Gasteiger partial charge in [-0.15, -0.1) is 0 Å². The second-order valence-electron chi connectivity index (χ2n) is 4.90. The van der Waals surface area contributed by atoms with Crippen molar-refractivity contribution >= 4 is 17.4 Å². The number of hydrogen-bond acceptors (Lipinski definition) is 6. The number of ether oxygens (including phenoxy) is 1. The lowest BCUT2D eigenvalue weighted by atomic mass is 10.1. The lowest BCUT2D eigenvalue weighted by molar-refractivity contribution is -0.390. The van der Waals surface area contributed by atoms with E-state index in [1.165, 1.54) is 12.3 Å². The predicted octanol–water partition coefficient (Wildman–Crippen LogP) is 4.19. The summed E-state index contributed by atoms with van der Waals surface area (Å²) < 4.78 is 11.1. The Morgan fingerprint density at radius 2 is 2.04 bits per heavy atom. The van der Waals surface area contributed by atoms with E-state index in [1.807, 2.05) is 19.1 Å². The molecule has 0 unspecified atom stereocenters. The molecule has 0 aliphatic heterocycles. The molecule has 0 saturated heterocycles. The van der Waals surface area contributed by atoms with Crippen LogP contribution in [-0.2, 0) is 6.61 Å². The van der Waals surface area contributed by atoms with Crippen molar-refractivity contribution < 1.29 is 14.1 Å². The molecule has 122 valence electrons. The van der Waals surface area contributed by atoms with Gasteiger partial charge in [-0.05, 0) is 53.2 Å². The topological polar surface area (TPSA) is 91.3 Å². The van der Waals surface area contributed by atoms with Crippen LogP contribution >= 0.6 is 11.6 Å². The van der Waals surface area contributed by atoms with E-state index in [2.05, 4.69) is 9.97 Å². The van der Waals surface area contributed by atoms with Gasteiger partial charge in [-0.2, -0.15) is 0 Å². The summed E-state index contributed by atoms with van der Waals surface area (Å²) in [6.07, 6.45) is 1.33. The molecule has 0 aliphatic rings. The van der Waals surface area contributed by atoms with Gasteiger partial charge >= 0.3 is 5.82 Å². The molecule has 1 aromatic carbocycles. The molecule has 3 aromatic rings. The Balaban J connectivity index is 1.79. The second-order valence-corrected chi connectivity index (χ2v) is 5.34. The van der Waals surface area contributed by atoms with E-state index in [0.717, 1.165) is 5.56 Å². The molecular weight excluding hydrogens is 334 g/mol. The van der Waals surface area contributed by atoms with Gasteiger partial charge in [0.25, 0.3) is 0 Å². The fourth-order valence-electron chi connectivity index (χ4n) is 2.15. The van der Waals surface area contributed by atoms with Crippen LogP contribution in [0.3, 0.4) is 0 Å². The van der Waals surface area contributed by atoms with Crippen molar-refractivity contribution in [3.63, 3.8) is 0 Å². The molecule has 0 aliphatic carbocycles. The van der Waals surface area contributed by atoms with Gasteiger partial charge in [0, 0.05) is 10.6 Å². The molecule has 0 bridgehead atoms. The van der Waals surface area contributed by atoms with Gasteiger partial charge in [0.15, 0.2) is 12.4 Å². The lowest BCUT2D eigenvalue weighted by Crippen LogP contribution is -2.00. The Kier molecular flexibility index (Phi) is 4.43. The lowest BCUT2D eigenvalue weighted by Gasteiger charge is -2.03. The quantitative estimate of drug-likeness (QED) is 0.508. The van der Waals surface area contributed by atoms with E-state index >= 15 is 0 Å². The Hall–Kier alpha value is -2.93. The van der Waals surface area contributed by atoms with Crippen molar-refractivity contribution in [1.82, 2.24) is 9.97 Å². The number of aryl methyl sites for hydroxylation is 1. The predicted molar refractivity (Wildman–Crippen MR) is 86.9 cm³/mol. The maximum atomic E-state index is 10.9. The van der Waals surface area contributed by atoms with Crippen LogP contribution < -0.4 is 4.74 Å². The summed E-state index contributed by atoms with van der Waals surface area (Å²) in [7, 11) is 0. The minimum atomic E-state index is -0.602. The van der Waals surface area contributed by atoms with Crippen LogP contribution in [0, 0.1) is 17.0 Å². The average Bonchev–Trinajstić information content (AvgIpc) is 2.95. The van der Waals surface area contributed by atoms with E-state index in [1.54, 1.807) is 18.2 Å². The third kappa shape index (κ3) is 3.36. The van der Waals surface area contributed by atoms with E-state index < -0.39 is 4.92 Å². The fourth-order valence-corrected chi connectivity index (χ4v) is 2.28. The smallest absolute Gasteiger partial charge is 0.406 e. The van der Waals surface area contributed by atoms with Crippen LogP contribution in [0.15, 0.2) is 47.0 Å². The van der Waals surface area contributed by atoms with Crippen LogP contribution in [-0.4, -0.2) is 14.9 Å². The molecule has 0 fully saturated rings. The summed E-state index contributed by atoms with van der Waals surface area (Å²) in [4.78, 5) is 18.3. The van der Waals surface area contributed by atoms with Crippen LogP contribution in [0.1, 0.15) is 11.6 Å². The largest absolute Gasteiger partial charge is 0.476 e. The first-order valence-electron chi connectivity index (χ1n) is 6.99. The van der Waals surface area contributed by atoms with E-state index in [0.29, 0.717) is 22.4 Å². The zero-order chi connectivity index (χ0) is 17.1. The van der Waals surface area contributed by atoms with Gasteiger partial charge in [0.2, 0.25) is 11.6 Å². The summed E-state index contributed by atoms with van der Waals surface area (Å²) in [6, 6.07) is 10.2. The number of aromatic nitrogens is 2. The molecular formula is C16H12ClN3O4. The van der Waals surface area contributed by atoms with Gasteiger partial charge in [0.1, 0.15) is 6.20 Å². The number of nitrogens with zero attached hydrogens (tertiary/aromatic N) is 3. The molecule has 0 radical (unpaired) electrons. The zero-order valence-electron chi connectivity index (χ0n) is 12.6. The number of nitro groups is 1. The molecule has 0 spiro atoms. The van der Waals surface area contributed by atoms with Gasteiger partial charge < -0.3 is 19.3 Å². The maximum absolute atomic E-state index is 10.9. The van der Waals surface area contributed by atoms with E-state index in [9.17, 15) is 10.1 Å². The third-order valence-corrected chi connectivity index (χ3v) is 3.47. The first-order valence-corrected chi connectivity index (χ1v) is 7.37. The summed E-state index contributed by atoms with van der Waals surface area (Å²) in [5, 5.41) is 11.5. The molecule has 7 nitrogen and oxygen atoms in total. The van der Waals surface area contributed by atoms with Gasteiger partial charge in [-0.25, -0.2) is 4.98 Å². The summed E-state index contributed by atoms with van der Waals surface area (Å²) in [6.45, 7) is 1.77. The Morgan fingerprint density at radius 1 is 1.29 bits per heavy atom. The van der Waals surface area contributed by atoms with Gasteiger partial charge in [-0.3, -0.25) is 0 Å². The van der Waals surface area contributed by atoms with Crippen LogP contribution in [0.4, 0.5) is 5.82 Å². The zero-order valence-corrected chi connectivity index (χ0v) is 13.4. The highest BCUT2D eigenvalue weighted by Crippen LogP contribution is 2.28. The molecule has 0 saturated carbocycles. The summed E-state index contributed by atoms with van der Waals surface area (Å²) in [5.41, 5.74) is 1.53. The number of oxazole rings is 1. The van der Waals surface area contributed by atoms with E-state index in [4.69, 9.17) is 20.8 Å². The van der Waals surface area contributed by atoms with Crippen molar-refractivity contribution in [3.8, 4) is 17.1 Å². The first-order chi connectivity index (χ1) is 11.5. The van der Waals surface area contributed by atoms with Crippen LogP contribution in [0.2, 0.25) is 5.02 Å². The van der Waals surface area contributed by atoms with Crippen LogP contribution in [0.25, 0.3) is 11.3 Å². The number of benzene rings is 1. The van der Waals surface area contributed by atoms with Crippen LogP contribution in [0.5, 0.6) is 5.75 Å². The molecule has 2 aromatic heterocycles. The highest BCUT2D eigenvalue weighted by atomic mass is 35.5. The average molecular weight is 346 g/mol. The number of halogens is 1. The Morgan fingerprint density at radius 3 is 2.75 bits per heavy atom. The minimum Gasteiger partial charge on any atom is -0.476 e. The monoisotopic (exact) mass is 345 g/mol.